The van der Waals surface area contributed by atoms with Crippen LogP contribution in [0.4, 0.5) is 11.4 Å². The Bertz CT molecular complexity index is 1160. The molecule has 38 heavy (non-hydrogen) atoms. The minimum absolute atomic E-state index is 0.364. The normalized spacial score (nSPS) is 10.7. The second-order valence-electron chi connectivity index (χ2n) is 8.75. The van der Waals surface area contributed by atoms with Gasteiger partial charge in [-0.1, -0.05) is 67.3 Å². The number of anilines is 2. The predicted octanol–water partition coefficient (Wildman–Crippen LogP) is 6.49. The molecule has 0 spiro atoms. The average molecular weight is 511 g/mol. The Labute approximate surface area is 224 Å². The third kappa shape index (κ3) is 9.21. The van der Waals surface area contributed by atoms with Crippen LogP contribution < -0.4 is 5.01 Å². The zero-order valence-corrected chi connectivity index (χ0v) is 21.8. The molecule has 6 heteroatoms. The SMILES string of the molecule is C=CC(=O)OCCCc1ccc(N(N=Cc2ccc(C)cc2)c2ccc(CCCOC(=O)C=C)cc2)cc1. The maximum Gasteiger partial charge on any atom is 0.330 e. The highest BCUT2D eigenvalue weighted by Gasteiger charge is 2.09. The minimum atomic E-state index is -0.399. The molecule has 0 N–H and O–H groups in total. The Hall–Kier alpha value is -4.45. The van der Waals surface area contributed by atoms with E-state index in [2.05, 4.69) is 56.5 Å². The molecule has 3 rings (SSSR count). The van der Waals surface area contributed by atoms with Crippen molar-refractivity contribution in [3.05, 3.63) is 120 Å². The van der Waals surface area contributed by atoms with Gasteiger partial charge in [0.15, 0.2) is 0 Å². The third-order valence-electron chi connectivity index (χ3n) is 5.80. The van der Waals surface area contributed by atoms with Crippen LogP contribution in [0.2, 0.25) is 0 Å². The van der Waals surface area contributed by atoms with E-state index in [0.29, 0.717) is 13.2 Å². The van der Waals surface area contributed by atoms with E-state index in [0.717, 1.165) is 53.7 Å². The fourth-order valence-corrected chi connectivity index (χ4v) is 3.68. The lowest BCUT2D eigenvalue weighted by atomic mass is 10.1. The number of hydrogen-bond donors (Lipinski definition) is 0. The second kappa shape index (κ2) is 15.0. The number of hydrogen-bond acceptors (Lipinski definition) is 6. The zero-order chi connectivity index (χ0) is 27.2. The lowest BCUT2D eigenvalue weighted by Gasteiger charge is -2.20. The van der Waals surface area contributed by atoms with Gasteiger partial charge in [0.2, 0.25) is 0 Å². The van der Waals surface area contributed by atoms with Gasteiger partial charge in [-0.2, -0.15) is 5.10 Å². The topological polar surface area (TPSA) is 68.2 Å². The summed E-state index contributed by atoms with van der Waals surface area (Å²) >= 11 is 0. The van der Waals surface area contributed by atoms with E-state index >= 15 is 0 Å². The van der Waals surface area contributed by atoms with Crippen molar-refractivity contribution in [1.29, 1.82) is 0 Å². The first kappa shape index (κ1) is 28.1. The van der Waals surface area contributed by atoms with Crippen LogP contribution in [0.1, 0.15) is 35.1 Å². The standard InChI is InChI=1S/C32H34N2O4/c1-4-31(35)37-22-6-8-26-14-18-29(19-15-26)34(33-24-28-12-10-25(3)11-13-28)30-20-16-27(17-21-30)9-7-23-38-32(36)5-2/h4-5,10-21,24H,1-2,6-9,22-23H2,3H3. The molecule has 0 heterocycles. The predicted molar refractivity (Wildman–Crippen MR) is 153 cm³/mol. The highest BCUT2D eigenvalue weighted by molar-refractivity contribution is 5.82. The highest BCUT2D eigenvalue weighted by atomic mass is 16.5. The summed E-state index contributed by atoms with van der Waals surface area (Å²) in [6.07, 6.45) is 7.28. The fraction of sp³-hybridized carbons (Fsp3) is 0.219. The van der Waals surface area contributed by atoms with Crippen molar-refractivity contribution in [2.45, 2.75) is 32.6 Å². The smallest absolute Gasteiger partial charge is 0.330 e. The first-order valence-corrected chi connectivity index (χ1v) is 12.7. The van der Waals surface area contributed by atoms with Gasteiger partial charge >= 0.3 is 11.9 Å². The second-order valence-corrected chi connectivity index (χ2v) is 8.75. The quantitative estimate of drug-likeness (QED) is 0.0815. The van der Waals surface area contributed by atoms with Gasteiger partial charge < -0.3 is 9.47 Å². The Kier molecular flexibility index (Phi) is 11.1. The van der Waals surface area contributed by atoms with Crippen molar-refractivity contribution in [3.8, 4) is 0 Å². The Morgan fingerprint density at radius 3 is 1.61 bits per heavy atom. The number of benzene rings is 3. The van der Waals surface area contributed by atoms with Crippen LogP contribution in [0.3, 0.4) is 0 Å². The number of nitrogens with zero attached hydrogens (tertiary/aromatic N) is 2. The van der Waals surface area contributed by atoms with Gasteiger partial charge in [-0.15, -0.1) is 0 Å². The first-order chi connectivity index (χ1) is 18.5. The van der Waals surface area contributed by atoms with E-state index in [1.54, 1.807) is 0 Å². The summed E-state index contributed by atoms with van der Waals surface area (Å²) in [5.41, 5.74) is 6.37. The fourth-order valence-electron chi connectivity index (χ4n) is 3.68. The molecule has 0 saturated carbocycles. The summed E-state index contributed by atoms with van der Waals surface area (Å²) in [5, 5.41) is 6.71. The molecule has 0 amide bonds. The van der Waals surface area contributed by atoms with Crippen molar-refractivity contribution in [2.75, 3.05) is 18.2 Å². The van der Waals surface area contributed by atoms with Crippen molar-refractivity contribution in [1.82, 2.24) is 0 Å². The van der Waals surface area contributed by atoms with Crippen molar-refractivity contribution >= 4 is 29.5 Å². The zero-order valence-electron chi connectivity index (χ0n) is 21.8. The number of ether oxygens (including phenoxy) is 2. The molecule has 0 saturated heterocycles. The molecule has 0 radical (unpaired) electrons. The van der Waals surface area contributed by atoms with Crippen LogP contribution in [-0.2, 0) is 31.9 Å². The van der Waals surface area contributed by atoms with Crippen LogP contribution in [0, 0.1) is 6.92 Å². The van der Waals surface area contributed by atoms with Gasteiger partial charge in [-0.05, 0) is 73.6 Å². The number of carbonyl (C=O) groups is 2. The van der Waals surface area contributed by atoms with Gasteiger partial charge in [0.1, 0.15) is 0 Å². The summed E-state index contributed by atoms with van der Waals surface area (Å²) in [5.74, 6) is -0.797. The molecule has 0 atom stereocenters. The Morgan fingerprint density at radius 2 is 1.18 bits per heavy atom. The molecule has 196 valence electrons. The van der Waals surface area contributed by atoms with Crippen molar-refractivity contribution in [3.63, 3.8) is 0 Å². The van der Waals surface area contributed by atoms with Gasteiger partial charge in [-0.3, -0.25) is 0 Å². The summed E-state index contributed by atoms with van der Waals surface area (Å²) < 4.78 is 10.1. The molecular formula is C32H34N2O4. The van der Waals surface area contributed by atoms with E-state index in [1.807, 2.05) is 47.6 Å². The molecule has 6 nitrogen and oxygen atoms in total. The molecule has 0 unspecified atom stereocenters. The molecule has 0 aliphatic rings. The number of hydrazone groups is 1. The molecule has 0 fully saturated rings. The lowest BCUT2D eigenvalue weighted by molar-refractivity contribution is -0.138. The Balaban J connectivity index is 1.71. The molecule has 0 aromatic heterocycles. The summed E-state index contributed by atoms with van der Waals surface area (Å²) in [4.78, 5) is 22.4. The van der Waals surface area contributed by atoms with Gasteiger partial charge in [0.05, 0.1) is 30.8 Å². The number of aryl methyl sites for hydroxylation is 3. The van der Waals surface area contributed by atoms with Gasteiger partial charge in [0.25, 0.3) is 0 Å². The van der Waals surface area contributed by atoms with E-state index < -0.39 is 11.9 Å². The summed E-state index contributed by atoms with van der Waals surface area (Å²) in [6.45, 7) is 9.60. The molecule has 0 bridgehead atoms. The molecule has 3 aromatic rings. The summed E-state index contributed by atoms with van der Waals surface area (Å²) in [7, 11) is 0. The van der Waals surface area contributed by atoms with E-state index in [1.165, 1.54) is 17.7 Å². The van der Waals surface area contributed by atoms with Gasteiger partial charge in [0, 0.05) is 12.2 Å². The number of rotatable bonds is 14. The monoisotopic (exact) mass is 510 g/mol. The third-order valence-corrected chi connectivity index (χ3v) is 5.80. The van der Waals surface area contributed by atoms with Crippen LogP contribution in [-0.4, -0.2) is 31.4 Å². The maximum absolute atomic E-state index is 11.2. The number of carbonyl (C=O) groups excluding carboxylic acids is 2. The van der Waals surface area contributed by atoms with E-state index in [9.17, 15) is 9.59 Å². The highest BCUT2D eigenvalue weighted by Crippen LogP contribution is 2.27. The van der Waals surface area contributed by atoms with E-state index in [-0.39, 0.29) is 0 Å². The molecule has 0 aliphatic heterocycles. The molecule has 3 aromatic carbocycles. The summed E-state index contributed by atoms with van der Waals surface area (Å²) in [6, 6.07) is 24.6. The average Bonchev–Trinajstić information content (AvgIpc) is 2.95. The van der Waals surface area contributed by atoms with Crippen LogP contribution >= 0.6 is 0 Å². The van der Waals surface area contributed by atoms with Crippen molar-refractivity contribution < 1.29 is 19.1 Å². The van der Waals surface area contributed by atoms with Crippen molar-refractivity contribution in [2.24, 2.45) is 5.10 Å². The van der Waals surface area contributed by atoms with Gasteiger partial charge in [-0.25, -0.2) is 14.6 Å². The largest absolute Gasteiger partial charge is 0.463 e. The van der Waals surface area contributed by atoms with E-state index in [4.69, 9.17) is 14.6 Å². The van der Waals surface area contributed by atoms with Crippen LogP contribution in [0.15, 0.2) is 103 Å². The van der Waals surface area contributed by atoms with Crippen LogP contribution in [0.25, 0.3) is 0 Å². The van der Waals surface area contributed by atoms with Crippen LogP contribution in [0.5, 0.6) is 0 Å². The minimum Gasteiger partial charge on any atom is -0.463 e. The lowest BCUT2D eigenvalue weighted by Crippen LogP contribution is -2.10. The first-order valence-electron chi connectivity index (χ1n) is 12.7. The molecular weight excluding hydrogens is 476 g/mol. The molecule has 0 aliphatic carbocycles. The Morgan fingerprint density at radius 1 is 0.737 bits per heavy atom. The number of esters is 2. The maximum atomic E-state index is 11.2.